The fraction of sp³-hybridized carbons (Fsp3) is 0.417. The van der Waals surface area contributed by atoms with Crippen LogP contribution in [-0.4, -0.2) is 9.38 Å². The minimum absolute atomic E-state index is 0.402. The Hall–Kier alpha value is -1.03. The molecule has 2 rings (SSSR count). The second-order valence-corrected chi connectivity index (χ2v) is 5.08. The number of imidazole rings is 1. The van der Waals surface area contributed by atoms with E-state index in [2.05, 4.69) is 41.7 Å². The standard InChI is InChI=1S/C12H16BrN3/c1-4-7(2)11-12(14)16-6-9(13)8(3)5-10(16)15-11/h5-7H,4,14H2,1-3H3. The van der Waals surface area contributed by atoms with E-state index in [-0.39, 0.29) is 0 Å². The summed E-state index contributed by atoms with van der Waals surface area (Å²) in [6.07, 6.45) is 3.03. The van der Waals surface area contributed by atoms with E-state index in [1.165, 1.54) is 5.56 Å². The molecule has 0 fully saturated rings. The molecule has 2 aromatic rings. The molecule has 0 aromatic carbocycles. The summed E-state index contributed by atoms with van der Waals surface area (Å²) in [5.41, 5.74) is 9.21. The molecule has 0 aliphatic heterocycles. The van der Waals surface area contributed by atoms with Crippen LogP contribution in [0.1, 0.15) is 37.4 Å². The Balaban J connectivity index is 2.68. The van der Waals surface area contributed by atoms with Gasteiger partial charge in [-0.15, -0.1) is 0 Å². The van der Waals surface area contributed by atoms with Gasteiger partial charge < -0.3 is 5.73 Å². The molecule has 3 nitrogen and oxygen atoms in total. The zero-order chi connectivity index (χ0) is 11.9. The maximum Gasteiger partial charge on any atom is 0.139 e. The van der Waals surface area contributed by atoms with Gasteiger partial charge in [0, 0.05) is 16.6 Å². The van der Waals surface area contributed by atoms with Gasteiger partial charge in [-0.3, -0.25) is 4.40 Å². The number of anilines is 1. The number of pyridine rings is 1. The minimum atomic E-state index is 0.402. The number of nitrogen functional groups attached to an aromatic ring is 1. The fourth-order valence-corrected chi connectivity index (χ4v) is 2.07. The first kappa shape index (κ1) is 11.5. The van der Waals surface area contributed by atoms with E-state index in [0.29, 0.717) is 5.92 Å². The topological polar surface area (TPSA) is 43.3 Å². The number of hydrogen-bond donors (Lipinski definition) is 1. The molecule has 0 saturated heterocycles. The van der Waals surface area contributed by atoms with Crippen LogP contribution in [0.3, 0.4) is 0 Å². The lowest BCUT2D eigenvalue weighted by Gasteiger charge is -2.05. The molecule has 2 aromatic heterocycles. The molecule has 4 heteroatoms. The van der Waals surface area contributed by atoms with Crippen molar-refractivity contribution in [3.05, 3.63) is 28.0 Å². The zero-order valence-corrected chi connectivity index (χ0v) is 11.4. The predicted octanol–water partition coefficient (Wildman–Crippen LogP) is 3.50. The summed E-state index contributed by atoms with van der Waals surface area (Å²) >= 11 is 3.51. The molecular weight excluding hydrogens is 266 g/mol. The van der Waals surface area contributed by atoms with E-state index in [1.54, 1.807) is 0 Å². The third-order valence-electron chi connectivity index (χ3n) is 3.05. The zero-order valence-electron chi connectivity index (χ0n) is 9.79. The average molecular weight is 282 g/mol. The Morgan fingerprint density at radius 1 is 1.56 bits per heavy atom. The highest BCUT2D eigenvalue weighted by atomic mass is 79.9. The Bertz CT molecular complexity index is 531. The lowest BCUT2D eigenvalue weighted by molar-refractivity contribution is 0.716. The van der Waals surface area contributed by atoms with Crippen LogP contribution in [0.4, 0.5) is 5.82 Å². The van der Waals surface area contributed by atoms with Crippen molar-refractivity contribution in [1.29, 1.82) is 0 Å². The van der Waals surface area contributed by atoms with Gasteiger partial charge in [-0.2, -0.15) is 0 Å². The van der Waals surface area contributed by atoms with Crippen LogP contribution in [-0.2, 0) is 0 Å². The molecule has 2 heterocycles. The van der Waals surface area contributed by atoms with Gasteiger partial charge in [-0.05, 0) is 40.9 Å². The van der Waals surface area contributed by atoms with Crippen LogP contribution < -0.4 is 5.73 Å². The molecule has 2 N–H and O–H groups in total. The largest absolute Gasteiger partial charge is 0.383 e. The van der Waals surface area contributed by atoms with Gasteiger partial charge in [0.2, 0.25) is 0 Å². The number of halogens is 1. The molecule has 0 bridgehead atoms. The summed E-state index contributed by atoms with van der Waals surface area (Å²) in [6, 6.07) is 2.05. The first-order chi connectivity index (χ1) is 7.54. The van der Waals surface area contributed by atoms with Gasteiger partial charge in [0.05, 0.1) is 5.69 Å². The smallest absolute Gasteiger partial charge is 0.139 e. The van der Waals surface area contributed by atoms with Crippen LogP contribution in [0.15, 0.2) is 16.7 Å². The highest BCUT2D eigenvalue weighted by molar-refractivity contribution is 9.10. The average Bonchev–Trinajstić information content (AvgIpc) is 2.56. The van der Waals surface area contributed by atoms with E-state index >= 15 is 0 Å². The summed E-state index contributed by atoms with van der Waals surface area (Å²) in [6.45, 7) is 6.35. The minimum Gasteiger partial charge on any atom is -0.383 e. The predicted molar refractivity (Wildman–Crippen MR) is 70.7 cm³/mol. The molecular formula is C12H16BrN3. The molecule has 0 saturated carbocycles. The monoisotopic (exact) mass is 281 g/mol. The van der Waals surface area contributed by atoms with Crippen LogP contribution in [0.25, 0.3) is 5.65 Å². The second kappa shape index (κ2) is 4.09. The molecule has 1 atom stereocenters. The number of aryl methyl sites for hydroxylation is 1. The number of fused-ring (bicyclic) bond motifs is 1. The summed E-state index contributed by atoms with van der Waals surface area (Å²) in [5.74, 6) is 1.16. The Morgan fingerprint density at radius 2 is 2.25 bits per heavy atom. The van der Waals surface area contributed by atoms with Crippen molar-refractivity contribution in [3.8, 4) is 0 Å². The van der Waals surface area contributed by atoms with Crippen molar-refractivity contribution in [2.75, 3.05) is 5.73 Å². The van der Waals surface area contributed by atoms with Gasteiger partial charge in [-0.25, -0.2) is 4.98 Å². The summed E-state index contributed by atoms with van der Waals surface area (Å²) in [4.78, 5) is 4.60. The first-order valence-corrected chi connectivity index (χ1v) is 6.27. The maximum atomic E-state index is 6.11. The van der Waals surface area contributed by atoms with Crippen LogP contribution in [0.2, 0.25) is 0 Å². The number of aromatic nitrogens is 2. The molecule has 0 spiro atoms. The maximum absolute atomic E-state index is 6.11. The van der Waals surface area contributed by atoms with E-state index in [4.69, 9.17) is 5.73 Å². The molecule has 0 amide bonds. The van der Waals surface area contributed by atoms with Gasteiger partial charge in [0.1, 0.15) is 11.5 Å². The Labute approximate surface area is 104 Å². The summed E-state index contributed by atoms with van der Waals surface area (Å²) in [7, 11) is 0. The fourth-order valence-electron chi connectivity index (χ4n) is 1.75. The van der Waals surface area contributed by atoms with Gasteiger partial charge in [0.25, 0.3) is 0 Å². The van der Waals surface area contributed by atoms with Crippen molar-refractivity contribution in [2.45, 2.75) is 33.1 Å². The second-order valence-electron chi connectivity index (χ2n) is 4.22. The van der Waals surface area contributed by atoms with Crippen LogP contribution in [0, 0.1) is 6.92 Å². The van der Waals surface area contributed by atoms with Gasteiger partial charge in [-0.1, -0.05) is 13.8 Å². The van der Waals surface area contributed by atoms with Gasteiger partial charge in [0.15, 0.2) is 0 Å². The Morgan fingerprint density at radius 3 is 2.88 bits per heavy atom. The molecule has 0 aliphatic carbocycles. The third-order valence-corrected chi connectivity index (χ3v) is 3.88. The first-order valence-electron chi connectivity index (χ1n) is 5.48. The van der Waals surface area contributed by atoms with E-state index in [1.807, 2.05) is 16.7 Å². The van der Waals surface area contributed by atoms with Crippen molar-refractivity contribution in [3.63, 3.8) is 0 Å². The van der Waals surface area contributed by atoms with Crippen LogP contribution in [0.5, 0.6) is 0 Å². The number of hydrogen-bond acceptors (Lipinski definition) is 2. The molecule has 0 radical (unpaired) electrons. The third kappa shape index (κ3) is 1.71. The SMILES string of the molecule is CCC(C)c1nc2cc(C)c(Br)cn2c1N. The highest BCUT2D eigenvalue weighted by Crippen LogP contribution is 2.27. The van der Waals surface area contributed by atoms with Crippen molar-refractivity contribution in [2.24, 2.45) is 0 Å². The molecule has 0 aliphatic rings. The Kier molecular flexibility index (Phi) is 2.93. The lowest BCUT2D eigenvalue weighted by Crippen LogP contribution is -1.99. The molecule has 86 valence electrons. The van der Waals surface area contributed by atoms with Gasteiger partial charge >= 0.3 is 0 Å². The molecule has 16 heavy (non-hydrogen) atoms. The summed E-state index contributed by atoms with van der Waals surface area (Å²) < 4.78 is 3.00. The number of nitrogens with zero attached hydrogens (tertiary/aromatic N) is 2. The van der Waals surface area contributed by atoms with Crippen molar-refractivity contribution >= 4 is 27.4 Å². The van der Waals surface area contributed by atoms with Crippen molar-refractivity contribution < 1.29 is 0 Å². The number of nitrogens with two attached hydrogens (primary N) is 1. The van der Waals surface area contributed by atoms with E-state index in [0.717, 1.165) is 28.1 Å². The lowest BCUT2D eigenvalue weighted by atomic mass is 10.1. The van der Waals surface area contributed by atoms with E-state index in [9.17, 15) is 0 Å². The van der Waals surface area contributed by atoms with E-state index < -0.39 is 0 Å². The highest BCUT2D eigenvalue weighted by Gasteiger charge is 2.14. The van der Waals surface area contributed by atoms with Crippen molar-refractivity contribution in [1.82, 2.24) is 9.38 Å². The quantitative estimate of drug-likeness (QED) is 0.916. The summed E-state index contributed by atoms with van der Waals surface area (Å²) in [5, 5.41) is 0. The normalized spacial score (nSPS) is 13.2. The number of rotatable bonds is 2. The molecule has 1 unspecified atom stereocenters. The van der Waals surface area contributed by atoms with Crippen LogP contribution >= 0.6 is 15.9 Å².